The van der Waals surface area contributed by atoms with Crippen LogP contribution in [0.25, 0.3) is 10.9 Å². The van der Waals surface area contributed by atoms with E-state index in [2.05, 4.69) is 5.32 Å². The lowest BCUT2D eigenvalue weighted by atomic mass is 9.93. The van der Waals surface area contributed by atoms with Gasteiger partial charge in [0.2, 0.25) is 6.79 Å². The van der Waals surface area contributed by atoms with Crippen LogP contribution in [0.3, 0.4) is 0 Å². The molecule has 0 spiro atoms. The van der Waals surface area contributed by atoms with E-state index < -0.39 is 5.54 Å². The monoisotopic (exact) mass is 370 g/mol. The Hall–Kier alpha value is -2.66. The number of carbonyl (C=O) groups excluding carboxylic acids is 1. The Bertz CT molecular complexity index is 984. The van der Waals surface area contributed by atoms with Gasteiger partial charge in [-0.05, 0) is 37.6 Å². The summed E-state index contributed by atoms with van der Waals surface area (Å²) < 4.78 is 12.6. The van der Waals surface area contributed by atoms with Gasteiger partial charge >= 0.3 is 0 Å². The molecule has 1 amide bonds. The van der Waals surface area contributed by atoms with E-state index in [1.165, 1.54) is 0 Å². The predicted molar refractivity (Wildman–Crippen MR) is 101 cm³/mol. The van der Waals surface area contributed by atoms with Gasteiger partial charge in [-0.1, -0.05) is 35.9 Å². The third-order valence-corrected chi connectivity index (χ3v) is 5.16. The number of benzene rings is 2. The first kappa shape index (κ1) is 16.8. The normalized spacial score (nSPS) is 13.2. The number of para-hydroxylation sites is 1. The lowest BCUT2D eigenvalue weighted by Gasteiger charge is -2.27. The highest BCUT2D eigenvalue weighted by Gasteiger charge is 2.29. The molecule has 4 rings (SSSR count). The second kappa shape index (κ2) is 5.95. The highest BCUT2D eigenvalue weighted by molar-refractivity contribution is 6.38. The lowest BCUT2D eigenvalue weighted by Crippen LogP contribution is -2.41. The highest BCUT2D eigenvalue weighted by Crippen LogP contribution is 2.36. The van der Waals surface area contributed by atoms with Crippen molar-refractivity contribution < 1.29 is 14.3 Å². The first-order chi connectivity index (χ1) is 12.4. The number of ether oxygens (including phenoxy) is 2. The van der Waals surface area contributed by atoms with Crippen molar-refractivity contribution in [3.05, 3.63) is 58.7 Å². The minimum absolute atomic E-state index is 0.219. The number of aromatic nitrogens is 1. The van der Waals surface area contributed by atoms with E-state index in [9.17, 15) is 4.79 Å². The summed E-state index contributed by atoms with van der Waals surface area (Å²) in [6.07, 6.45) is 0. The first-order valence-corrected chi connectivity index (χ1v) is 8.72. The summed E-state index contributed by atoms with van der Waals surface area (Å²) in [5.74, 6) is 1.18. The molecule has 0 bridgehead atoms. The number of rotatable bonds is 3. The van der Waals surface area contributed by atoms with Gasteiger partial charge in [0.05, 0.1) is 10.6 Å². The Morgan fingerprint density at radius 1 is 1.15 bits per heavy atom. The third kappa shape index (κ3) is 2.59. The van der Waals surface area contributed by atoms with E-state index >= 15 is 0 Å². The molecule has 0 radical (unpaired) electrons. The molecule has 1 N–H and O–H groups in total. The van der Waals surface area contributed by atoms with Crippen LogP contribution in [0, 0.1) is 0 Å². The molecule has 1 aliphatic rings. The fourth-order valence-corrected chi connectivity index (χ4v) is 3.67. The molecule has 0 unspecified atom stereocenters. The van der Waals surface area contributed by atoms with Crippen LogP contribution in [0.5, 0.6) is 11.5 Å². The molecule has 0 saturated carbocycles. The van der Waals surface area contributed by atoms with Crippen LogP contribution in [-0.2, 0) is 12.6 Å². The summed E-state index contributed by atoms with van der Waals surface area (Å²) >= 11 is 6.49. The lowest BCUT2D eigenvalue weighted by molar-refractivity contribution is 0.0904. The maximum atomic E-state index is 13.0. The van der Waals surface area contributed by atoms with Gasteiger partial charge in [0.1, 0.15) is 5.69 Å². The average Bonchev–Trinajstić information content (AvgIpc) is 3.17. The minimum atomic E-state index is -0.613. The molecule has 134 valence electrons. The number of halogens is 1. The minimum Gasteiger partial charge on any atom is -0.454 e. The molecule has 1 aliphatic heterocycles. The molecular weight excluding hydrogens is 352 g/mol. The van der Waals surface area contributed by atoms with Gasteiger partial charge in [-0.2, -0.15) is 0 Å². The van der Waals surface area contributed by atoms with Gasteiger partial charge in [0.25, 0.3) is 5.91 Å². The number of nitrogens with zero attached hydrogens (tertiary/aromatic N) is 1. The molecule has 0 saturated heterocycles. The number of aryl methyl sites for hydroxylation is 1. The van der Waals surface area contributed by atoms with E-state index in [0.717, 1.165) is 16.5 Å². The topological polar surface area (TPSA) is 52.5 Å². The highest BCUT2D eigenvalue weighted by atomic mass is 35.5. The maximum absolute atomic E-state index is 13.0. The molecule has 5 nitrogen and oxygen atoms in total. The molecule has 2 aromatic carbocycles. The zero-order valence-electron chi connectivity index (χ0n) is 14.8. The number of hydrogen-bond donors (Lipinski definition) is 1. The largest absolute Gasteiger partial charge is 0.454 e. The van der Waals surface area contributed by atoms with E-state index in [4.69, 9.17) is 21.1 Å². The van der Waals surface area contributed by atoms with Crippen molar-refractivity contribution >= 4 is 28.4 Å². The molecule has 0 atom stereocenters. The van der Waals surface area contributed by atoms with Crippen molar-refractivity contribution in [2.45, 2.75) is 19.4 Å². The van der Waals surface area contributed by atoms with Crippen LogP contribution in [0.4, 0.5) is 0 Å². The molecule has 3 aromatic rings. The van der Waals surface area contributed by atoms with Gasteiger partial charge < -0.3 is 19.4 Å². The van der Waals surface area contributed by atoms with Gasteiger partial charge in [-0.3, -0.25) is 4.79 Å². The molecule has 0 aliphatic carbocycles. The summed E-state index contributed by atoms with van der Waals surface area (Å²) in [6.45, 7) is 4.11. The Balaban J connectivity index is 1.67. The zero-order chi connectivity index (χ0) is 18.5. The van der Waals surface area contributed by atoms with Gasteiger partial charge in [-0.15, -0.1) is 0 Å². The van der Waals surface area contributed by atoms with Gasteiger partial charge in [0, 0.05) is 18.0 Å². The Morgan fingerprint density at radius 3 is 2.65 bits per heavy atom. The second-order valence-electron chi connectivity index (χ2n) is 6.89. The predicted octanol–water partition coefficient (Wildman–Crippen LogP) is 4.23. The van der Waals surface area contributed by atoms with Crippen molar-refractivity contribution in [1.29, 1.82) is 0 Å². The van der Waals surface area contributed by atoms with Crippen molar-refractivity contribution in [2.75, 3.05) is 6.79 Å². The number of fused-ring (bicyclic) bond motifs is 2. The van der Waals surface area contributed by atoms with Crippen molar-refractivity contribution in [2.24, 2.45) is 7.05 Å². The fourth-order valence-electron chi connectivity index (χ4n) is 3.30. The molecule has 2 heterocycles. The molecule has 1 aromatic heterocycles. The quantitative estimate of drug-likeness (QED) is 0.750. The van der Waals surface area contributed by atoms with Crippen molar-refractivity contribution in [1.82, 2.24) is 9.88 Å². The van der Waals surface area contributed by atoms with Crippen LogP contribution in [0.15, 0.2) is 42.5 Å². The molecule has 26 heavy (non-hydrogen) atoms. The van der Waals surface area contributed by atoms with Gasteiger partial charge in [0.15, 0.2) is 11.5 Å². The van der Waals surface area contributed by atoms with E-state index in [0.29, 0.717) is 22.2 Å². The van der Waals surface area contributed by atoms with Gasteiger partial charge in [-0.25, -0.2) is 0 Å². The van der Waals surface area contributed by atoms with E-state index in [1.807, 2.05) is 67.9 Å². The summed E-state index contributed by atoms with van der Waals surface area (Å²) in [6, 6.07) is 13.4. The Kier molecular flexibility index (Phi) is 3.84. The third-order valence-electron chi connectivity index (χ3n) is 4.78. The smallest absolute Gasteiger partial charge is 0.270 e. The average molecular weight is 371 g/mol. The van der Waals surface area contributed by atoms with E-state index in [1.54, 1.807) is 0 Å². The Labute approximate surface area is 156 Å². The van der Waals surface area contributed by atoms with Crippen LogP contribution in [-0.4, -0.2) is 17.3 Å². The van der Waals surface area contributed by atoms with Crippen molar-refractivity contribution in [3.63, 3.8) is 0 Å². The SMILES string of the molecule is Cn1c(C(=O)NC(C)(C)c2ccc3c(c2)OCO3)c(Cl)c2ccccc21. The number of hydrogen-bond acceptors (Lipinski definition) is 3. The summed E-state index contributed by atoms with van der Waals surface area (Å²) in [4.78, 5) is 13.0. The maximum Gasteiger partial charge on any atom is 0.270 e. The van der Waals surface area contributed by atoms with Crippen LogP contribution < -0.4 is 14.8 Å². The summed E-state index contributed by atoms with van der Waals surface area (Å²) in [5, 5.41) is 4.41. The van der Waals surface area contributed by atoms with Crippen LogP contribution in [0.1, 0.15) is 29.9 Å². The standard InChI is InChI=1S/C20H19ClN2O3/c1-20(2,12-8-9-15-16(10-12)26-11-25-15)22-19(24)18-17(21)13-6-4-5-7-14(13)23(18)3/h4-10H,11H2,1-3H3,(H,22,24). The molecule has 6 heteroatoms. The number of nitrogens with one attached hydrogen (secondary N) is 1. The fraction of sp³-hybridized carbons (Fsp3) is 0.250. The number of carbonyl (C=O) groups is 1. The molecule has 0 fully saturated rings. The van der Waals surface area contributed by atoms with Crippen LogP contribution >= 0.6 is 11.6 Å². The molecular formula is C20H19ClN2O3. The van der Waals surface area contributed by atoms with Crippen molar-refractivity contribution in [3.8, 4) is 11.5 Å². The summed E-state index contributed by atoms with van der Waals surface area (Å²) in [7, 11) is 1.84. The number of amides is 1. The second-order valence-corrected chi connectivity index (χ2v) is 7.26. The van der Waals surface area contributed by atoms with Crippen LogP contribution in [0.2, 0.25) is 5.02 Å². The zero-order valence-corrected chi connectivity index (χ0v) is 15.6. The van der Waals surface area contributed by atoms with E-state index in [-0.39, 0.29) is 12.7 Å². The first-order valence-electron chi connectivity index (χ1n) is 8.34. The summed E-state index contributed by atoms with van der Waals surface area (Å²) in [5.41, 5.74) is 1.67. The Morgan fingerprint density at radius 2 is 1.88 bits per heavy atom.